The van der Waals surface area contributed by atoms with Crippen molar-refractivity contribution in [2.75, 3.05) is 14.7 Å². The van der Waals surface area contributed by atoms with Gasteiger partial charge in [-0.15, -0.1) is 0 Å². The van der Waals surface area contributed by atoms with Gasteiger partial charge < -0.3 is 14.7 Å². The van der Waals surface area contributed by atoms with E-state index in [0.29, 0.717) is 0 Å². The number of nitrogens with zero attached hydrogens (tertiary/aromatic N) is 3. The topological polar surface area (TPSA) is 9.72 Å². The summed E-state index contributed by atoms with van der Waals surface area (Å²) in [6.45, 7) is 19.2. The van der Waals surface area contributed by atoms with E-state index in [1.54, 1.807) is 0 Å². The van der Waals surface area contributed by atoms with Crippen molar-refractivity contribution >= 4 is 74.3 Å². The SMILES string of the molecule is CC1(C)c2ccccc2-c2cc(N3c4cc5c(cc4B4c6cc7c(cc6N(c6ccc8c(c6)-c6ccccc6C8(C)C)c6cc(N(c8ccccc8-c8ccccc8)c8ccccc8-c8ccccc8)cc3c64)-c3ccccc3C7(C)C)C(C)(C)c3ccccc3-5)ccc21. The summed E-state index contributed by atoms with van der Waals surface area (Å²) in [5, 5.41) is 0. The van der Waals surface area contributed by atoms with Gasteiger partial charge in [0, 0.05) is 66.9 Å². The Morgan fingerprint density at radius 1 is 0.255 bits per heavy atom. The first-order chi connectivity index (χ1) is 45.7. The van der Waals surface area contributed by atoms with Crippen LogP contribution < -0.4 is 31.1 Å². The zero-order chi connectivity index (χ0) is 63.3. The van der Waals surface area contributed by atoms with Crippen molar-refractivity contribution in [1.82, 2.24) is 0 Å². The van der Waals surface area contributed by atoms with Gasteiger partial charge in [0.2, 0.25) is 0 Å². The molecule has 94 heavy (non-hydrogen) atoms. The van der Waals surface area contributed by atoms with E-state index < -0.39 is 0 Å². The fraction of sp³-hybridized carbons (Fsp3) is 0.133. The van der Waals surface area contributed by atoms with Gasteiger partial charge in [0.1, 0.15) is 0 Å². The molecule has 0 unspecified atom stereocenters. The summed E-state index contributed by atoms with van der Waals surface area (Å²) < 4.78 is 0. The molecule has 0 aromatic heterocycles. The predicted molar refractivity (Wildman–Crippen MR) is 396 cm³/mol. The minimum atomic E-state index is -0.250. The predicted octanol–water partition coefficient (Wildman–Crippen LogP) is 21.8. The van der Waals surface area contributed by atoms with Crippen LogP contribution in [0.5, 0.6) is 0 Å². The Bertz CT molecular complexity index is 5090. The van der Waals surface area contributed by atoms with E-state index >= 15 is 0 Å². The summed E-state index contributed by atoms with van der Waals surface area (Å²) in [5.41, 5.74) is 39.3. The smallest absolute Gasteiger partial charge is 0.252 e. The third-order valence-corrected chi connectivity index (χ3v) is 22.8. The zero-order valence-corrected chi connectivity index (χ0v) is 54.5. The molecule has 2 aliphatic heterocycles. The van der Waals surface area contributed by atoms with Crippen LogP contribution in [0.15, 0.2) is 279 Å². The second kappa shape index (κ2) is 19.4. The van der Waals surface area contributed by atoms with E-state index in [0.717, 1.165) is 62.1 Å². The lowest BCUT2D eigenvalue weighted by Gasteiger charge is -2.46. The maximum Gasteiger partial charge on any atom is 0.252 e. The third kappa shape index (κ3) is 7.45. The quantitative estimate of drug-likeness (QED) is 0.147. The van der Waals surface area contributed by atoms with Crippen LogP contribution in [0, 0.1) is 0 Å². The van der Waals surface area contributed by atoms with Crippen molar-refractivity contribution in [3.05, 3.63) is 324 Å². The highest BCUT2D eigenvalue weighted by Gasteiger charge is 2.50. The first-order valence-corrected chi connectivity index (χ1v) is 33.6. The number of hydrogen-bond donors (Lipinski definition) is 0. The number of benzene rings is 13. The molecule has 0 bridgehead atoms. The Balaban J connectivity index is 0.986. The number of hydrogen-bond acceptors (Lipinski definition) is 3. The van der Waals surface area contributed by atoms with E-state index in [2.05, 4.69) is 349 Å². The van der Waals surface area contributed by atoms with E-state index in [9.17, 15) is 0 Å². The van der Waals surface area contributed by atoms with Gasteiger partial charge in [-0.05, 0) is 177 Å². The van der Waals surface area contributed by atoms with Gasteiger partial charge in [0.05, 0.1) is 17.1 Å². The van der Waals surface area contributed by atoms with Gasteiger partial charge in [0.15, 0.2) is 0 Å². The van der Waals surface area contributed by atoms with Crippen LogP contribution >= 0.6 is 0 Å². The molecule has 6 aliphatic rings. The van der Waals surface area contributed by atoms with Crippen molar-refractivity contribution in [1.29, 1.82) is 0 Å². The second-order valence-corrected chi connectivity index (χ2v) is 29.2. The maximum atomic E-state index is 2.69. The van der Waals surface area contributed by atoms with Crippen LogP contribution in [0.3, 0.4) is 0 Å². The van der Waals surface area contributed by atoms with Crippen molar-refractivity contribution in [3.8, 4) is 66.8 Å². The van der Waals surface area contributed by atoms with E-state index in [1.165, 1.54) is 117 Å². The van der Waals surface area contributed by atoms with Gasteiger partial charge in [-0.3, -0.25) is 0 Å². The lowest BCUT2D eigenvalue weighted by molar-refractivity contribution is 0.660. The zero-order valence-electron chi connectivity index (χ0n) is 54.5. The monoisotopic (exact) mass is 1200 g/mol. The number of fused-ring (bicyclic) bond motifs is 16. The van der Waals surface area contributed by atoms with E-state index in [1.807, 2.05) is 0 Å². The number of para-hydroxylation sites is 2. The Hall–Kier alpha value is -10.7. The highest BCUT2D eigenvalue weighted by Crippen LogP contribution is 2.59. The molecule has 448 valence electrons. The molecule has 19 rings (SSSR count). The molecule has 4 aliphatic carbocycles. The molecule has 3 nitrogen and oxygen atoms in total. The van der Waals surface area contributed by atoms with Gasteiger partial charge in [-0.1, -0.05) is 274 Å². The van der Waals surface area contributed by atoms with Crippen molar-refractivity contribution < 1.29 is 0 Å². The van der Waals surface area contributed by atoms with Gasteiger partial charge in [-0.25, -0.2) is 0 Å². The molecular weight excluding hydrogens is 1130 g/mol. The van der Waals surface area contributed by atoms with Crippen LogP contribution in [-0.4, -0.2) is 6.71 Å². The molecule has 13 aromatic rings. The summed E-state index contributed by atoms with van der Waals surface area (Å²) in [7, 11) is 0. The molecule has 0 radical (unpaired) electrons. The molecule has 0 saturated heterocycles. The molecule has 0 spiro atoms. The molecular formula is C90H70BN3. The largest absolute Gasteiger partial charge is 0.311 e. The normalized spacial score (nSPS) is 15.7. The fourth-order valence-electron chi connectivity index (χ4n) is 18.2. The van der Waals surface area contributed by atoms with Crippen LogP contribution in [0.25, 0.3) is 66.8 Å². The Kier molecular flexibility index (Phi) is 11.4. The average Bonchev–Trinajstić information content (AvgIpc) is 1.05. The van der Waals surface area contributed by atoms with Gasteiger partial charge in [0.25, 0.3) is 6.71 Å². The molecule has 0 fully saturated rings. The molecule has 0 N–H and O–H groups in total. The lowest BCUT2D eigenvalue weighted by Crippen LogP contribution is -2.61. The van der Waals surface area contributed by atoms with E-state index in [-0.39, 0.29) is 28.4 Å². The van der Waals surface area contributed by atoms with Gasteiger partial charge in [-0.2, -0.15) is 0 Å². The van der Waals surface area contributed by atoms with Crippen LogP contribution in [-0.2, 0) is 21.7 Å². The molecule has 0 saturated carbocycles. The van der Waals surface area contributed by atoms with Crippen molar-refractivity contribution in [3.63, 3.8) is 0 Å². The molecule has 0 atom stereocenters. The summed E-state index contributed by atoms with van der Waals surface area (Å²) in [6, 6.07) is 107. The van der Waals surface area contributed by atoms with E-state index in [4.69, 9.17) is 0 Å². The maximum absolute atomic E-state index is 2.69. The third-order valence-electron chi connectivity index (χ3n) is 22.8. The molecule has 4 heteroatoms. The van der Waals surface area contributed by atoms with Crippen LogP contribution in [0.2, 0.25) is 0 Å². The first-order valence-electron chi connectivity index (χ1n) is 33.6. The van der Waals surface area contributed by atoms with Crippen molar-refractivity contribution in [2.45, 2.75) is 77.0 Å². The average molecular weight is 1200 g/mol. The highest BCUT2D eigenvalue weighted by atomic mass is 15.2. The van der Waals surface area contributed by atoms with Crippen LogP contribution in [0.1, 0.15) is 99.9 Å². The van der Waals surface area contributed by atoms with Crippen molar-refractivity contribution in [2.24, 2.45) is 0 Å². The Morgan fingerprint density at radius 2 is 0.564 bits per heavy atom. The number of rotatable bonds is 7. The highest BCUT2D eigenvalue weighted by molar-refractivity contribution is 7.00. The summed E-state index contributed by atoms with van der Waals surface area (Å²) in [6.07, 6.45) is 0. The van der Waals surface area contributed by atoms with Gasteiger partial charge >= 0.3 is 0 Å². The lowest BCUT2D eigenvalue weighted by atomic mass is 9.33. The number of anilines is 9. The first kappa shape index (κ1) is 55.0. The fourth-order valence-corrected chi connectivity index (χ4v) is 18.2. The molecule has 2 heterocycles. The van der Waals surface area contributed by atoms with Crippen LogP contribution in [0.4, 0.5) is 51.2 Å². The standard InChI is InChI=1S/C90H70BN3/c1-87(2)70-37-21-15-33-62(70)66-47-57(43-45-74(66)87)92-82-51-68-64-35-17-23-39-72(64)89(5,6)76(68)53-78(82)91-79-54-77-69(65-36-18-24-40-73(65)90(77,7)8)52-83(79)93(58-44-46-75-67(48-58)63-34-16-22-38-71(63)88(75,3)4)85-50-59(49-84(92)86(85)91)94(80-41-25-19-31-60(80)55-27-11-9-12-28-55)81-42-26-20-32-61(81)56-29-13-10-14-30-56/h9-54H,1-8H3. The molecule has 0 amide bonds. The summed E-state index contributed by atoms with van der Waals surface area (Å²) >= 11 is 0. The molecule has 13 aromatic carbocycles. The summed E-state index contributed by atoms with van der Waals surface area (Å²) in [4.78, 5) is 7.97. The minimum absolute atomic E-state index is 0.170. The Morgan fingerprint density at radius 3 is 0.947 bits per heavy atom. The summed E-state index contributed by atoms with van der Waals surface area (Å²) in [5.74, 6) is 0. The second-order valence-electron chi connectivity index (χ2n) is 29.2. The minimum Gasteiger partial charge on any atom is -0.311 e. The Labute approximate surface area is 553 Å².